The van der Waals surface area contributed by atoms with Crippen LogP contribution in [0.25, 0.3) is 0 Å². The molecule has 2 aliphatic rings. The number of aliphatic imine (C=N–C) groups is 1. The van der Waals surface area contributed by atoms with E-state index in [9.17, 15) is 18.0 Å². The maximum absolute atomic E-state index is 14.5. The minimum absolute atomic E-state index is 0.00187. The lowest BCUT2D eigenvalue weighted by Crippen LogP contribution is -2.43. The van der Waals surface area contributed by atoms with Crippen LogP contribution in [0.5, 0.6) is 0 Å². The molecular weight excluding hydrogens is 512 g/mol. The maximum Gasteiger partial charge on any atom is 0.400 e. The Hall–Kier alpha value is -2.97. The van der Waals surface area contributed by atoms with Crippen LogP contribution in [-0.2, 0) is 24.8 Å². The molecule has 1 unspecified atom stereocenters. The second-order valence-corrected chi connectivity index (χ2v) is 9.87. The van der Waals surface area contributed by atoms with Crippen molar-refractivity contribution in [2.24, 2.45) is 4.99 Å². The van der Waals surface area contributed by atoms with Crippen LogP contribution >= 0.6 is 23.2 Å². The molecule has 1 aromatic heterocycles. The Balaban J connectivity index is 1.44. The lowest BCUT2D eigenvalue weighted by molar-refractivity contribution is -0.183. The summed E-state index contributed by atoms with van der Waals surface area (Å²) in [4.78, 5) is 25.5. The van der Waals surface area contributed by atoms with Crippen molar-refractivity contribution in [3.8, 4) is 0 Å². The highest BCUT2D eigenvalue weighted by Crippen LogP contribution is 2.49. The average molecular weight is 533 g/mol. The monoisotopic (exact) mass is 532 g/mol. The predicted octanol–water partition coefficient (Wildman–Crippen LogP) is 5.90. The van der Waals surface area contributed by atoms with Gasteiger partial charge in [0.25, 0.3) is 5.91 Å². The van der Waals surface area contributed by atoms with Crippen molar-refractivity contribution in [2.75, 3.05) is 6.54 Å². The summed E-state index contributed by atoms with van der Waals surface area (Å²) in [5.41, 5.74) is 1.10. The third-order valence-corrected chi connectivity index (χ3v) is 7.27. The SMILES string of the molecule is O=C(NCc1ncccn1)c1ccc(C2=NCC(c3cc(Cl)cc(Cl)c3)(C(F)(F)F)C2)c2c1CCC2. The highest BCUT2D eigenvalue weighted by atomic mass is 35.5. The minimum Gasteiger partial charge on any atom is -0.345 e. The summed E-state index contributed by atoms with van der Waals surface area (Å²) in [5, 5.41) is 3.12. The second kappa shape index (κ2) is 9.48. The van der Waals surface area contributed by atoms with Gasteiger partial charge in [-0.2, -0.15) is 13.2 Å². The summed E-state index contributed by atoms with van der Waals surface area (Å²) < 4.78 is 43.5. The van der Waals surface area contributed by atoms with Crippen molar-refractivity contribution in [3.05, 3.63) is 92.5 Å². The van der Waals surface area contributed by atoms with Gasteiger partial charge in [0.15, 0.2) is 0 Å². The van der Waals surface area contributed by atoms with Crippen LogP contribution in [-0.4, -0.2) is 34.3 Å². The van der Waals surface area contributed by atoms with E-state index in [1.165, 1.54) is 18.2 Å². The van der Waals surface area contributed by atoms with Gasteiger partial charge in [0.2, 0.25) is 0 Å². The van der Waals surface area contributed by atoms with Crippen molar-refractivity contribution >= 4 is 34.8 Å². The fourth-order valence-corrected chi connectivity index (χ4v) is 5.58. The number of halogens is 5. The Morgan fingerprint density at radius 3 is 2.42 bits per heavy atom. The van der Waals surface area contributed by atoms with Crippen LogP contribution in [0.2, 0.25) is 10.0 Å². The van der Waals surface area contributed by atoms with E-state index in [-0.39, 0.29) is 34.5 Å². The Morgan fingerprint density at radius 1 is 1.03 bits per heavy atom. The number of alkyl halides is 3. The lowest BCUT2D eigenvalue weighted by Gasteiger charge is -2.32. The van der Waals surface area contributed by atoms with Gasteiger partial charge in [-0.1, -0.05) is 29.3 Å². The third-order valence-electron chi connectivity index (χ3n) is 6.83. The van der Waals surface area contributed by atoms with E-state index >= 15 is 0 Å². The van der Waals surface area contributed by atoms with Crippen LogP contribution in [0.1, 0.15) is 51.3 Å². The molecule has 5 rings (SSSR count). The van der Waals surface area contributed by atoms with Crippen molar-refractivity contribution in [1.82, 2.24) is 15.3 Å². The van der Waals surface area contributed by atoms with Crippen molar-refractivity contribution in [1.29, 1.82) is 0 Å². The number of nitrogens with one attached hydrogen (secondary N) is 1. The van der Waals surface area contributed by atoms with Crippen LogP contribution in [0.15, 0.2) is 53.8 Å². The van der Waals surface area contributed by atoms with E-state index < -0.39 is 18.1 Å². The lowest BCUT2D eigenvalue weighted by atomic mass is 9.76. The van der Waals surface area contributed by atoms with E-state index in [0.29, 0.717) is 35.5 Å². The predicted molar refractivity (Wildman–Crippen MR) is 132 cm³/mol. The van der Waals surface area contributed by atoms with Gasteiger partial charge in [0, 0.05) is 40.1 Å². The number of nitrogens with zero attached hydrogens (tertiary/aromatic N) is 3. The molecule has 10 heteroatoms. The molecule has 0 saturated heterocycles. The number of fused-ring (bicyclic) bond motifs is 1. The topological polar surface area (TPSA) is 67.2 Å². The molecule has 1 amide bonds. The molecule has 0 saturated carbocycles. The van der Waals surface area contributed by atoms with Gasteiger partial charge < -0.3 is 5.32 Å². The number of rotatable bonds is 5. The molecule has 0 radical (unpaired) electrons. The molecule has 1 aliphatic heterocycles. The Kier molecular flexibility index (Phi) is 6.51. The fourth-order valence-electron chi connectivity index (χ4n) is 5.05. The molecule has 1 N–H and O–H groups in total. The second-order valence-electron chi connectivity index (χ2n) is 9.00. The summed E-state index contributed by atoms with van der Waals surface area (Å²) in [6.07, 6.45) is 0.481. The van der Waals surface area contributed by atoms with Crippen LogP contribution in [0.4, 0.5) is 13.2 Å². The summed E-state index contributed by atoms with van der Waals surface area (Å²) >= 11 is 12.1. The van der Waals surface area contributed by atoms with E-state index in [1.807, 2.05) is 0 Å². The summed E-state index contributed by atoms with van der Waals surface area (Å²) in [5.74, 6) is 0.225. The molecule has 5 nitrogen and oxygen atoms in total. The summed E-state index contributed by atoms with van der Waals surface area (Å²) in [6, 6.07) is 9.12. The first-order valence-electron chi connectivity index (χ1n) is 11.4. The number of hydrogen-bond acceptors (Lipinski definition) is 4. The largest absolute Gasteiger partial charge is 0.400 e. The normalized spacial score (nSPS) is 19.2. The van der Waals surface area contributed by atoms with E-state index in [4.69, 9.17) is 23.2 Å². The Bertz CT molecular complexity index is 1340. The highest BCUT2D eigenvalue weighted by Gasteiger charge is 2.58. The smallest absolute Gasteiger partial charge is 0.345 e. The van der Waals surface area contributed by atoms with Gasteiger partial charge in [-0.3, -0.25) is 9.79 Å². The molecule has 0 fully saturated rings. The molecule has 0 spiro atoms. The number of aromatic nitrogens is 2. The number of carbonyl (C=O) groups excluding carboxylic acids is 1. The van der Waals surface area contributed by atoms with Gasteiger partial charge in [-0.15, -0.1) is 0 Å². The van der Waals surface area contributed by atoms with Gasteiger partial charge in [-0.25, -0.2) is 9.97 Å². The number of amides is 1. The minimum atomic E-state index is -4.56. The van der Waals surface area contributed by atoms with Crippen molar-refractivity contribution in [3.63, 3.8) is 0 Å². The first kappa shape index (κ1) is 24.7. The Labute approximate surface area is 215 Å². The molecule has 1 aliphatic carbocycles. The molecule has 36 heavy (non-hydrogen) atoms. The number of carbonyl (C=O) groups is 1. The van der Waals surface area contributed by atoms with Gasteiger partial charge in [-0.05, 0) is 71.8 Å². The highest BCUT2D eigenvalue weighted by molar-refractivity contribution is 6.34. The molecular formula is C26H21Cl2F3N4O. The molecule has 2 heterocycles. The van der Waals surface area contributed by atoms with Gasteiger partial charge in [0.05, 0.1) is 13.1 Å². The summed E-state index contributed by atoms with van der Waals surface area (Å²) in [7, 11) is 0. The third kappa shape index (κ3) is 4.48. The van der Waals surface area contributed by atoms with E-state index in [0.717, 1.165) is 17.5 Å². The average Bonchev–Trinajstić information content (AvgIpc) is 3.50. The maximum atomic E-state index is 14.5. The first-order valence-corrected chi connectivity index (χ1v) is 12.2. The standard InChI is InChI=1S/C26H21Cl2F3N4O/c27-16-9-15(10-17(28)11-16)25(26(29,30)31)12-22(35-14-25)20-5-6-21(19-4-1-3-18(19)20)24(36)34-13-23-32-7-2-8-33-23/h2,5-11H,1,3-4,12-14H2,(H,34,36). The number of benzene rings is 2. The molecule has 3 aromatic rings. The quantitative estimate of drug-likeness (QED) is 0.445. The zero-order valence-electron chi connectivity index (χ0n) is 19.0. The van der Waals surface area contributed by atoms with Crippen LogP contribution < -0.4 is 5.32 Å². The van der Waals surface area contributed by atoms with Crippen LogP contribution in [0, 0.1) is 0 Å². The zero-order chi connectivity index (χ0) is 25.5. The van der Waals surface area contributed by atoms with Crippen molar-refractivity contribution in [2.45, 2.75) is 43.8 Å². The van der Waals surface area contributed by atoms with Gasteiger partial charge >= 0.3 is 6.18 Å². The van der Waals surface area contributed by atoms with Crippen LogP contribution in [0.3, 0.4) is 0 Å². The molecule has 2 aromatic carbocycles. The first-order chi connectivity index (χ1) is 17.2. The molecule has 0 bridgehead atoms. The van der Waals surface area contributed by atoms with E-state index in [1.54, 1.807) is 30.6 Å². The number of hydrogen-bond donors (Lipinski definition) is 1. The summed E-state index contributed by atoms with van der Waals surface area (Å²) in [6.45, 7) is -0.268. The Morgan fingerprint density at radius 2 is 1.72 bits per heavy atom. The molecule has 186 valence electrons. The fraction of sp³-hybridized carbons (Fsp3) is 0.308. The molecule has 1 atom stereocenters. The zero-order valence-corrected chi connectivity index (χ0v) is 20.5. The van der Waals surface area contributed by atoms with E-state index in [2.05, 4.69) is 20.3 Å². The van der Waals surface area contributed by atoms with Gasteiger partial charge in [0.1, 0.15) is 11.2 Å². The van der Waals surface area contributed by atoms with Crippen molar-refractivity contribution < 1.29 is 18.0 Å².